The van der Waals surface area contributed by atoms with Gasteiger partial charge in [0.25, 0.3) is 0 Å². The molecular formula is C16H10F3N3OS. The molecule has 1 N–H and O–H groups in total. The molecule has 1 amide bonds. The van der Waals surface area contributed by atoms with E-state index in [-0.39, 0.29) is 5.69 Å². The molecule has 1 aromatic carbocycles. The Hall–Kier alpha value is -2.74. The molecule has 122 valence electrons. The number of benzene rings is 1. The summed E-state index contributed by atoms with van der Waals surface area (Å²) < 4.78 is 37.0. The molecule has 0 atom stereocenters. The third-order valence-electron chi connectivity index (χ3n) is 3.11. The normalized spacial score (nSPS) is 11.3. The third-order valence-corrected chi connectivity index (χ3v) is 4.00. The van der Waals surface area contributed by atoms with Gasteiger partial charge in [-0.1, -0.05) is 12.1 Å². The minimum absolute atomic E-state index is 0.0632. The van der Waals surface area contributed by atoms with Gasteiger partial charge >= 0.3 is 12.1 Å². The Balaban J connectivity index is 1.85. The van der Waals surface area contributed by atoms with Crippen LogP contribution >= 0.6 is 11.3 Å². The predicted molar refractivity (Wildman–Crippen MR) is 85.5 cm³/mol. The fourth-order valence-corrected chi connectivity index (χ4v) is 2.83. The highest BCUT2D eigenvalue weighted by atomic mass is 32.1. The smallest absolute Gasteiger partial charge is 0.318 e. The molecule has 24 heavy (non-hydrogen) atoms. The van der Waals surface area contributed by atoms with Crippen LogP contribution in [-0.4, -0.2) is 22.1 Å². The van der Waals surface area contributed by atoms with E-state index < -0.39 is 12.1 Å². The average Bonchev–Trinajstić information content (AvgIpc) is 3.05. The van der Waals surface area contributed by atoms with Crippen LogP contribution in [0.1, 0.15) is 0 Å². The standard InChI is InChI=1S/C16H10F3N3OS/c17-16(18,19)15(23)21-12-3-1-2-11(8-12)13-9-24-14(22-13)10-4-6-20-7-5-10/h1-9H,(H,21,23). The summed E-state index contributed by atoms with van der Waals surface area (Å²) in [6, 6.07) is 9.77. The van der Waals surface area contributed by atoms with E-state index >= 15 is 0 Å². The van der Waals surface area contributed by atoms with E-state index in [0.717, 1.165) is 10.6 Å². The molecule has 0 spiro atoms. The number of carbonyl (C=O) groups excluding carboxylic acids is 1. The van der Waals surface area contributed by atoms with Crippen LogP contribution in [0.3, 0.4) is 0 Å². The van der Waals surface area contributed by atoms with Crippen LogP contribution in [0.2, 0.25) is 0 Å². The number of alkyl halides is 3. The van der Waals surface area contributed by atoms with Crippen molar-refractivity contribution in [3.8, 4) is 21.8 Å². The number of aromatic nitrogens is 2. The molecule has 0 saturated heterocycles. The van der Waals surface area contributed by atoms with Crippen molar-refractivity contribution in [3.05, 3.63) is 54.2 Å². The number of pyridine rings is 1. The van der Waals surface area contributed by atoms with E-state index in [1.54, 1.807) is 29.9 Å². The van der Waals surface area contributed by atoms with Crippen molar-refractivity contribution in [2.45, 2.75) is 6.18 Å². The van der Waals surface area contributed by atoms with E-state index in [2.05, 4.69) is 9.97 Å². The zero-order valence-corrected chi connectivity index (χ0v) is 12.9. The van der Waals surface area contributed by atoms with Crippen molar-refractivity contribution in [3.63, 3.8) is 0 Å². The van der Waals surface area contributed by atoms with Gasteiger partial charge in [-0.25, -0.2) is 4.98 Å². The van der Waals surface area contributed by atoms with Crippen LogP contribution in [0.5, 0.6) is 0 Å². The maximum absolute atomic E-state index is 12.3. The average molecular weight is 349 g/mol. The van der Waals surface area contributed by atoms with Crippen molar-refractivity contribution >= 4 is 22.9 Å². The lowest BCUT2D eigenvalue weighted by atomic mass is 10.1. The van der Waals surface area contributed by atoms with Gasteiger partial charge in [0.05, 0.1) is 5.69 Å². The molecule has 0 aliphatic carbocycles. The molecule has 2 heterocycles. The maximum Gasteiger partial charge on any atom is 0.471 e. The van der Waals surface area contributed by atoms with Crippen molar-refractivity contribution in [2.24, 2.45) is 0 Å². The second kappa shape index (κ2) is 6.40. The summed E-state index contributed by atoms with van der Waals surface area (Å²) in [5.74, 6) is -2.00. The Labute approximate surface area is 139 Å². The van der Waals surface area contributed by atoms with Gasteiger partial charge in [0.2, 0.25) is 0 Å². The Bertz CT molecular complexity index is 862. The molecule has 2 aromatic heterocycles. The lowest BCUT2D eigenvalue weighted by Gasteiger charge is -2.08. The SMILES string of the molecule is O=C(Nc1cccc(-c2csc(-c3ccncc3)n2)c1)C(F)(F)F. The van der Waals surface area contributed by atoms with Crippen molar-refractivity contribution < 1.29 is 18.0 Å². The molecule has 0 radical (unpaired) electrons. The third kappa shape index (κ3) is 3.60. The molecular weight excluding hydrogens is 339 g/mol. The monoisotopic (exact) mass is 349 g/mol. The lowest BCUT2D eigenvalue weighted by Crippen LogP contribution is -2.29. The van der Waals surface area contributed by atoms with Gasteiger partial charge < -0.3 is 5.32 Å². The summed E-state index contributed by atoms with van der Waals surface area (Å²) in [6.45, 7) is 0. The number of anilines is 1. The Morgan fingerprint density at radius 3 is 2.54 bits per heavy atom. The topological polar surface area (TPSA) is 54.9 Å². The van der Waals surface area contributed by atoms with E-state index in [9.17, 15) is 18.0 Å². The Morgan fingerprint density at radius 2 is 1.83 bits per heavy atom. The van der Waals surface area contributed by atoms with Crippen LogP contribution in [0, 0.1) is 0 Å². The minimum atomic E-state index is -4.93. The molecule has 0 fully saturated rings. The zero-order valence-electron chi connectivity index (χ0n) is 12.0. The van der Waals surface area contributed by atoms with Crippen molar-refractivity contribution in [1.29, 1.82) is 0 Å². The van der Waals surface area contributed by atoms with Crippen molar-refractivity contribution in [1.82, 2.24) is 9.97 Å². The molecule has 3 rings (SSSR count). The first-order chi connectivity index (χ1) is 11.4. The second-order valence-corrected chi connectivity index (χ2v) is 5.66. The van der Waals surface area contributed by atoms with Gasteiger partial charge in [-0.05, 0) is 24.3 Å². The van der Waals surface area contributed by atoms with E-state index in [1.807, 2.05) is 17.4 Å². The number of hydrogen-bond acceptors (Lipinski definition) is 4. The number of nitrogens with one attached hydrogen (secondary N) is 1. The van der Waals surface area contributed by atoms with Crippen LogP contribution < -0.4 is 5.32 Å². The van der Waals surface area contributed by atoms with E-state index in [1.165, 1.54) is 23.5 Å². The minimum Gasteiger partial charge on any atom is -0.318 e. The van der Waals surface area contributed by atoms with Gasteiger partial charge in [-0.3, -0.25) is 9.78 Å². The van der Waals surface area contributed by atoms with E-state index in [4.69, 9.17) is 0 Å². The van der Waals surface area contributed by atoms with Crippen LogP contribution in [-0.2, 0) is 4.79 Å². The number of thiazole rings is 1. The first-order valence-electron chi connectivity index (χ1n) is 6.78. The first kappa shape index (κ1) is 16.1. The number of amides is 1. The van der Waals surface area contributed by atoms with Gasteiger partial charge in [0.1, 0.15) is 5.01 Å². The maximum atomic E-state index is 12.3. The summed E-state index contributed by atoms with van der Waals surface area (Å²) in [7, 11) is 0. The van der Waals surface area contributed by atoms with Crippen LogP contribution in [0.4, 0.5) is 18.9 Å². The molecule has 8 heteroatoms. The number of nitrogens with zero attached hydrogens (tertiary/aromatic N) is 2. The number of hydrogen-bond donors (Lipinski definition) is 1. The van der Waals surface area contributed by atoms with Crippen LogP contribution in [0.25, 0.3) is 21.8 Å². The lowest BCUT2D eigenvalue weighted by molar-refractivity contribution is -0.167. The molecule has 3 aromatic rings. The van der Waals surface area contributed by atoms with Crippen LogP contribution in [0.15, 0.2) is 54.2 Å². The summed E-state index contributed by atoms with van der Waals surface area (Å²) in [6.07, 6.45) is -1.61. The zero-order chi connectivity index (χ0) is 17.2. The quantitative estimate of drug-likeness (QED) is 0.764. The second-order valence-electron chi connectivity index (χ2n) is 4.81. The number of rotatable bonds is 3. The predicted octanol–water partition coefficient (Wildman–Crippen LogP) is 4.37. The molecule has 4 nitrogen and oxygen atoms in total. The highest BCUT2D eigenvalue weighted by Crippen LogP contribution is 2.30. The van der Waals surface area contributed by atoms with Gasteiger partial charge in [-0.2, -0.15) is 13.2 Å². The molecule has 0 aliphatic rings. The number of carbonyl (C=O) groups is 1. The Kier molecular flexibility index (Phi) is 4.30. The Morgan fingerprint density at radius 1 is 1.08 bits per heavy atom. The fraction of sp³-hybridized carbons (Fsp3) is 0.0625. The molecule has 0 bridgehead atoms. The fourth-order valence-electron chi connectivity index (χ4n) is 1.99. The highest BCUT2D eigenvalue weighted by molar-refractivity contribution is 7.13. The number of halogens is 3. The van der Waals surface area contributed by atoms with Crippen molar-refractivity contribution in [2.75, 3.05) is 5.32 Å². The van der Waals surface area contributed by atoms with Gasteiger partial charge in [-0.15, -0.1) is 11.3 Å². The largest absolute Gasteiger partial charge is 0.471 e. The highest BCUT2D eigenvalue weighted by Gasteiger charge is 2.38. The summed E-state index contributed by atoms with van der Waals surface area (Å²) in [4.78, 5) is 19.4. The summed E-state index contributed by atoms with van der Waals surface area (Å²) >= 11 is 1.42. The van der Waals surface area contributed by atoms with Gasteiger partial charge in [0.15, 0.2) is 0 Å². The molecule has 0 unspecified atom stereocenters. The molecule has 0 aliphatic heterocycles. The summed E-state index contributed by atoms with van der Waals surface area (Å²) in [5, 5.41) is 4.42. The molecule has 0 saturated carbocycles. The van der Waals surface area contributed by atoms with E-state index in [0.29, 0.717) is 11.3 Å². The summed E-state index contributed by atoms with van der Waals surface area (Å²) in [5.41, 5.74) is 2.21. The van der Waals surface area contributed by atoms with Gasteiger partial charge in [0, 0.05) is 34.6 Å². The first-order valence-corrected chi connectivity index (χ1v) is 7.66.